The molecule has 0 aliphatic carbocycles. The van der Waals surface area contributed by atoms with Crippen LogP contribution in [-0.4, -0.2) is 19.9 Å². The summed E-state index contributed by atoms with van der Waals surface area (Å²) in [6.07, 6.45) is 0. The maximum atomic E-state index is 11.1. The van der Waals surface area contributed by atoms with E-state index in [1.54, 1.807) is 16.8 Å². The molecule has 0 bridgehead atoms. The fourth-order valence-corrected chi connectivity index (χ4v) is 2.85. The number of benzene rings is 3. The predicted octanol–water partition coefficient (Wildman–Crippen LogP) is 4.51. The number of aromatic nitrogens is 3. The van der Waals surface area contributed by atoms with Gasteiger partial charge < -0.3 is 0 Å². The standard InChI is InChI=1S/C20H14N4O2/c25-24(26)18-13-7-12-17(14-18)23-20(16-10-5-2-6-11-16)19(21-22-23)15-8-3-1-4-9-15/h1-14H. The van der Waals surface area contributed by atoms with E-state index < -0.39 is 4.92 Å². The van der Waals surface area contributed by atoms with Crippen LogP contribution in [0.25, 0.3) is 28.2 Å². The molecule has 4 aromatic rings. The van der Waals surface area contributed by atoms with Crippen LogP contribution in [0, 0.1) is 10.1 Å². The first kappa shape index (κ1) is 15.7. The molecule has 3 aromatic carbocycles. The van der Waals surface area contributed by atoms with Gasteiger partial charge in [-0.2, -0.15) is 0 Å². The Hall–Kier alpha value is -3.80. The second-order valence-electron chi connectivity index (χ2n) is 5.71. The molecular weight excluding hydrogens is 328 g/mol. The molecular formula is C20H14N4O2. The molecule has 0 N–H and O–H groups in total. The molecule has 0 aliphatic rings. The first-order valence-electron chi connectivity index (χ1n) is 8.05. The van der Waals surface area contributed by atoms with Gasteiger partial charge in [-0.25, -0.2) is 4.68 Å². The maximum Gasteiger partial charge on any atom is 0.271 e. The molecule has 26 heavy (non-hydrogen) atoms. The third kappa shape index (κ3) is 2.84. The molecule has 0 radical (unpaired) electrons. The van der Waals surface area contributed by atoms with Crippen LogP contribution in [0.4, 0.5) is 5.69 Å². The van der Waals surface area contributed by atoms with Gasteiger partial charge in [-0.15, -0.1) is 5.10 Å². The number of hydrogen-bond acceptors (Lipinski definition) is 4. The van der Waals surface area contributed by atoms with E-state index in [-0.39, 0.29) is 5.69 Å². The molecule has 0 spiro atoms. The van der Waals surface area contributed by atoms with E-state index in [2.05, 4.69) is 10.3 Å². The molecule has 0 fully saturated rings. The molecule has 0 saturated heterocycles. The van der Waals surface area contributed by atoms with Crippen molar-refractivity contribution in [3.63, 3.8) is 0 Å². The first-order chi connectivity index (χ1) is 12.7. The molecule has 1 heterocycles. The Morgan fingerprint density at radius 1 is 0.808 bits per heavy atom. The van der Waals surface area contributed by atoms with Gasteiger partial charge >= 0.3 is 0 Å². The monoisotopic (exact) mass is 342 g/mol. The number of nitro groups is 1. The van der Waals surface area contributed by atoms with Crippen LogP contribution in [0.5, 0.6) is 0 Å². The van der Waals surface area contributed by atoms with Crippen molar-refractivity contribution in [2.45, 2.75) is 0 Å². The number of non-ortho nitro benzene ring substituents is 1. The van der Waals surface area contributed by atoms with Crippen molar-refractivity contribution >= 4 is 5.69 Å². The summed E-state index contributed by atoms with van der Waals surface area (Å²) < 4.78 is 1.64. The smallest absolute Gasteiger partial charge is 0.258 e. The van der Waals surface area contributed by atoms with Crippen molar-refractivity contribution in [3.8, 4) is 28.2 Å². The van der Waals surface area contributed by atoms with Gasteiger partial charge in [-0.3, -0.25) is 10.1 Å². The molecule has 1 aromatic heterocycles. The van der Waals surface area contributed by atoms with Crippen LogP contribution in [0.15, 0.2) is 84.9 Å². The number of hydrogen-bond donors (Lipinski definition) is 0. The van der Waals surface area contributed by atoms with Gasteiger partial charge in [-0.1, -0.05) is 71.9 Å². The molecule has 126 valence electrons. The van der Waals surface area contributed by atoms with Crippen molar-refractivity contribution < 1.29 is 4.92 Å². The minimum atomic E-state index is -0.416. The lowest BCUT2D eigenvalue weighted by molar-refractivity contribution is -0.384. The average molecular weight is 342 g/mol. The largest absolute Gasteiger partial charge is 0.271 e. The predicted molar refractivity (Wildman–Crippen MR) is 98.9 cm³/mol. The van der Waals surface area contributed by atoms with E-state index in [1.807, 2.05) is 60.7 Å². The van der Waals surface area contributed by atoms with Gasteiger partial charge in [0.1, 0.15) is 11.4 Å². The summed E-state index contributed by atoms with van der Waals surface area (Å²) >= 11 is 0. The summed E-state index contributed by atoms with van der Waals surface area (Å²) in [5.41, 5.74) is 3.98. The molecule has 6 heteroatoms. The summed E-state index contributed by atoms with van der Waals surface area (Å²) in [6, 6.07) is 25.9. The first-order valence-corrected chi connectivity index (χ1v) is 8.05. The van der Waals surface area contributed by atoms with E-state index >= 15 is 0 Å². The molecule has 0 amide bonds. The highest BCUT2D eigenvalue weighted by atomic mass is 16.6. The van der Waals surface area contributed by atoms with Gasteiger partial charge in [0, 0.05) is 23.3 Å². The molecule has 6 nitrogen and oxygen atoms in total. The quantitative estimate of drug-likeness (QED) is 0.404. The van der Waals surface area contributed by atoms with Crippen LogP contribution < -0.4 is 0 Å². The van der Waals surface area contributed by atoms with Gasteiger partial charge in [0.2, 0.25) is 0 Å². The zero-order valence-electron chi connectivity index (χ0n) is 13.7. The lowest BCUT2D eigenvalue weighted by atomic mass is 10.0. The Morgan fingerprint density at radius 3 is 2.12 bits per heavy atom. The van der Waals surface area contributed by atoms with E-state index in [0.29, 0.717) is 5.69 Å². The zero-order chi connectivity index (χ0) is 17.9. The van der Waals surface area contributed by atoms with Crippen LogP contribution in [-0.2, 0) is 0 Å². The Kier molecular flexibility index (Phi) is 3.99. The van der Waals surface area contributed by atoms with Gasteiger partial charge in [0.25, 0.3) is 5.69 Å². The summed E-state index contributed by atoms with van der Waals surface area (Å²) in [6.45, 7) is 0. The highest BCUT2D eigenvalue weighted by Gasteiger charge is 2.18. The lowest BCUT2D eigenvalue weighted by Gasteiger charge is -2.08. The third-order valence-corrected chi connectivity index (χ3v) is 4.05. The number of nitrogens with zero attached hydrogens (tertiary/aromatic N) is 4. The average Bonchev–Trinajstić information content (AvgIpc) is 3.14. The van der Waals surface area contributed by atoms with Gasteiger partial charge in [-0.05, 0) is 6.07 Å². The summed E-state index contributed by atoms with van der Waals surface area (Å²) in [5, 5.41) is 19.8. The molecule has 0 saturated carbocycles. The van der Waals surface area contributed by atoms with Crippen LogP contribution in [0.3, 0.4) is 0 Å². The number of nitro benzene ring substituents is 1. The van der Waals surface area contributed by atoms with Crippen molar-refractivity contribution in [1.29, 1.82) is 0 Å². The summed E-state index contributed by atoms with van der Waals surface area (Å²) in [5.74, 6) is 0. The molecule has 4 rings (SSSR count). The Bertz CT molecular complexity index is 1060. The van der Waals surface area contributed by atoms with Crippen molar-refractivity contribution in [2.75, 3.05) is 0 Å². The zero-order valence-corrected chi connectivity index (χ0v) is 13.7. The van der Waals surface area contributed by atoms with E-state index in [9.17, 15) is 10.1 Å². The second kappa shape index (κ2) is 6.60. The maximum absolute atomic E-state index is 11.1. The molecule has 0 aliphatic heterocycles. The second-order valence-corrected chi connectivity index (χ2v) is 5.71. The number of rotatable bonds is 4. The fourth-order valence-electron chi connectivity index (χ4n) is 2.85. The highest BCUT2D eigenvalue weighted by molar-refractivity contribution is 5.79. The van der Waals surface area contributed by atoms with E-state index in [4.69, 9.17) is 0 Å². The Labute approximate surface area is 149 Å². The van der Waals surface area contributed by atoms with Gasteiger partial charge in [0.05, 0.1) is 10.6 Å². The molecule has 0 atom stereocenters. The van der Waals surface area contributed by atoms with Gasteiger partial charge in [0.15, 0.2) is 0 Å². The topological polar surface area (TPSA) is 73.8 Å². The van der Waals surface area contributed by atoms with Crippen molar-refractivity contribution in [1.82, 2.24) is 15.0 Å². The minimum Gasteiger partial charge on any atom is -0.258 e. The van der Waals surface area contributed by atoms with Crippen LogP contribution >= 0.6 is 0 Å². The summed E-state index contributed by atoms with van der Waals surface area (Å²) in [4.78, 5) is 10.7. The minimum absolute atomic E-state index is 0.0123. The van der Waals surface area contributed by atoms with E-state index in [1.165, 1.54) is 12.1 Å². The third-order valence-electron chi connectivity index (χ3n) is 4.05. The van der Waals surface area contributed by atoms with Crippen LogP contribution in [0.2, 0.25) is 0 Å². The fraction of sp³-hybridized carbons (Fsp3) is 0. The Balaban J connectivity index is 1.95. The normalized spacial score (nSPS) is 10.6. The summed E-state index contributed by atoms with van der Waals surface area (Å²) in [7, 11) is 0. The highest BCUT2D eigenvalue weighted by Crippen LogP contribution is 2.32. The lowest BCUT2D eigenvalue weighted by Crippen LogP contribution is -2.00. The van der Waals surface area contributed by atoms with E-state index in [0.717, 1.165) is 22.5 Å². The van der Waals surface area contributed by atoms with Crippen molar-refractivity contribution in [3.05, 3.63) is 95.0 Å². The molecule has 0 unspecified atom stereocenters. The Morgan fingerprint density at radius 2 is 1.46 bits per heavy atom. The SMILES string of the molecule is O=[N+]([O-])c1cccc(-n2nnc(-c3ccccc3)c2-c2ccccc2)c1. The van der Waals surface area contributed by atoms with Crippen LogP contribution in [0.1, 0.15) is 0 Å². The van der Waals surface area contributed by atoms with Crippen molar-refractivity contribution in [2.24, 2.45) is 0 Å².